The maximum atomic E-state index is 6.23. The van der Waals surface area contributed by atoms with Crippen LogP contribution in [0.25, 0.3) is 0 Å². The summed E-state index contributed by atoms with van der Waals surface area (Å²) in [4.78, 5) is 0. The molecule has 2 aliphatic heterocycles. The molecule has 16 heavy (non-hydrogen) atoms. The van der Waals surface area contributed by atoms with Crippen LogP contribution < -0.4 is 0 Å². The van der Waals surface area contributed by atoms with Gasteiger partial charge in [0.2, 0.25) is 0 Å². The van der Waals surface area contributed by atoms with Crippen molar-refractivity contribution >= 4 is 0 Å². The summed E-state index contributed by atoms with van der Waals surface area (Å²) >= 11 is 0. The summed E-state index contributed by atoms with van der Waals surface area (Å²) in [6, 6.07) is 0. The highest BCUT2D eigenvalue weighted by molar-refractivity contribution is 5.15. The fourth-order valence-corrected chi connectivity index (χ4v) is 3.06. The van der Waals surface area contributed by atoms with Gasteiger partial charge in [-0.1, -0.05) is 12.5 Å². The summed E-state index contributed by atoms with van der Waals surface area (Å²) in [5, 5.41) is 0. The van der Waals surface area contributed by atoms with Crippen molar-refractivity contribution in [1.29, 1.82) is 0 Å². The standard InChI is InChI=1S/C13H20O3/c1-2-10-8-14-9-11-12(10)16-13(15-11)6-4-3-5-7-13/h2,11-12H,3-9H2,1H3/b10-2-/t11-,12+/m0/s1. The van der Waals surface area contributed by atoms with Crippen molar-refractivity contribution in [1.82, 2.24) is 0 Å². The summed E-state index contributed by atoms with van der Waals surface area (Å²) in [6.07, 6.45) is 8.26. The Morgan fingerprint density at radius 1 is 1.19 bits per heavy atom. The molecular formula is C13H20O3. The highest BCUT2D eigenvalue weighted by atomic mass is 16.8. The minimum atomic E-state index is -0.282. The van der Waals surface area contributed by atoms with Crippen LogP contribution in [-0.2, 0) is 14.2 Å². The molecule has 1 aliphatic carbocycles. The molecule has 0 radical (unpaired) electrons. The van der Waals surface area contributed by atoms with Crippen molar-refractivity contribution < 1.29 is 14.2 Å². The number of fused-ring (bicyclic) bond motifs is 1. The van der Waals surface area contributed by atoms with Crippen LogP contribution in [-0.4, -0.2) is 31.2 Å². The Labute approximate surface area is 96.8 Å². The first-order valence-corrected chi connectivity index (χ1v) is 6.41. The lowest BCUT2D eigenvalue weighted by Gasteiger charge is -2.31. The van der Waals surface area contributed by atoms with Crippen molar-refractivity contribution in [3.8, 4) is 0 Å². The van der Waals surface area contributed by atoms with E-state index in [1.54, 1.807) is 0 Å². The fourth-order valence-electron chi connectivity index (χ4n) is 3.06. The van der Waals surface area contributed by atoms with E-state index in [9.17, 15) is 0 Å². The van der Waals surface area contributed by atoms with Crippen LogP contribution in [0.3, 0.4) is 0 Å². The molecule has 1 saturated carbocycles. The Morgan fingerprint density at radius 3 is 2.75 bits per heavy atom. The molecule has 2 saturated heterocycles. The van der Waals surface area contributed by atoms with Crippen LogP contribution in [0.15, 0.2) is 11.6 Å². The lowest BCUT2D eigenvalue weighted by molar-refractivity contribution is -0.192. The number of hydrogen-bond donors (Lipinski definition) is 0. The molecule has 90 valence electrons. The minimum Gasteiger partial charge on any atom is -0.374 e. The third-order valence-corrected chi connectivity index (χ3v) is 3.95. The van der Waals surface area contributed by atoms with Crippen molar-refractivity contribution in [2.45, 2.75) is 57.0 Å². The van der Waals surface area contributed by atoms with E-state index in [2.05, 4.69) is 13.0 Å². The molecular weight excluding hydrogens is 204 g/mol. The van der Waals surface area contributed by atoms with Gasteiger partial charge in [-0.3, -0.25) is 0 Å². The van der Waals surface area contributed by atoms with E-state index in [4.69, 9.17) is 14.2 Å². The Kier molecular flexibility index (Phi) is 2.78. The summed E-state index contributed by atoms with van der Waals surface area (Å²) in [5.74, 6) is -0.282. The summed E-state index contributed by atoms with van der Waals surface area (Å²) < 4.78 is 17.9. The van der Waals surface area contributed by atoms with Crippen LogP contribution >= 0.6 is 0 Å². The normalized spacial score (nSPS) is 40.2. The molecule has 3 aliphatic rings. The summed E-state index contributed by atoms with van der Waals surface area (Å²) in [5.41, 5.74) is 1.25. The van der Waals surface area contributed by atoms with Crippen LogP contribution in [0.1, 0.15) is 39.0 Å². The fraction of sp³-hybridized carbons (Fsp3) is 0.846. The SMILES string of the molecule is C/C=C1/COC[C@@H]2OC3(CCCCC3)O[C@H]12. The van der Waals surface area contributed by atoms with E-state index in [0.717, 1.165) is 12.8 Å². The first-order chi connectivity index (χ1) is 7.83. The zero-order valence-corrected chi connectivity index (χ0v) is 9.91. The lowest BCUT2D eigenvalue weighted by atomic mass is 9.94. The second-order valence-electron chi connectivity index (χ2n) is 5.04. The molecule has 3 nitrogen and oxygen atoms in total. The van der Waals surface area contributed by atoms with Gasteiger partial charge < -0.3 is 14.2 Å². The molecule has 0 N–H and O–H groups in total. The monoisotopic (exact) mass is 224 g/mol. The van der Waals surface area contributed by atoms with Gasteiger partial charge in [0.15, 0.2) is 5.79 Å². The van der Waals surface area contributed by atoms with E-state index >= 15 is 0 Å². The lowest BCUT2D eigenvalue weighted by Crippen LogP contribution is -2.36. The van der Waals surface area contributed by atoms with Gasteiger partial charge in [-0.25, -0.2) is 0 Å². The Bertz CT molecular complexity index is 292. The third-order valence-electron chi connectivity index (χ3n) is 3.95. The van der Waals surface area contributed by atoms with E-state index in [0.29, 0.717) is 13.2 Å². The molecule has 0 bridgehead atoms. The molecule has 3 fully saturated rings. The topological polar surface area (TPSA) is 27.7 Å². The first kappa shape index (κ1) is 10.8. The molecule has 0 aromatic carbocycles. The largest absolute Gasteiger partial charge is 0.374 e. The number of rotatable bonds is 0. The molecule has 1 spiro atoms. The van der Waals surface area contributed by atoms with Crippen molar-refractivity contribution in [3.63, 3.8) is 0 Å². The molecule has 2 heterocycles. The summed E-state index contributed by atoms with van der Waals surface area (Å²) in [7, 11) is 0. The highest BCUT2D eigenvalue weighted by Gasteiger charge is 2.50. The van der Waals surface area contributed by atoms with Gasteiger partial charge in [0.1, 0.15) is 12.2 Å². The van der Waals surface area contributed by atoms with E-state index in [-0.39, 0.29) is 18.0 Å². The molecule has 0 aromatic heterocycles. The minimum absolute atomic E-state index is 0.123. The van der Waals surface area contributed by atoms with Crippen molar-refractivity contribution in [2.24, 2.45) is 0 Å². The summed E-state index contributed by atoms with van der Waals surface area (Å²) in [6.45, 7) is 3.44. The average Bonchev–Trinajstić information content (AvgIpc) is 2.67. The van der Waals surface area contributed by atoms with Gasteiger partial charge in [0.05, 0.1) is 13.2 Å². The van der Waals surface area contributed by atoms with Gasteiger partial charge >= 0.3 is 0 Å². The number of ether oxygens (including phenoxy) is 3. The molecule has 3 heteroatoms. The van der Waals surface area contributed by atoms with Gasteiger partial charge in [-0.15, -0.1) is 0 Å². The zero-order chi connectivity index (χ0) is 11.0. The predicted molar refractivity (Wildman–Crippen MR) is 60.1 cm³/mol. The van der Waals surface area contributed by atoms with Crippen LogP contribution in [0.2, 0.25) is 0 Å². The second kappa shape index (κ2) is 4.13. The first-order valence-electron chi connectivity index (χ1n) is 6.41. The smallest absolute Gasteiger partial charge is 0.169 e. The van der Waals surface area contributed by atoms with Crippen LogP contribution in [0.4, 0.5) is 0 Å². The van der Waals surface area contributed by atoms with E-state index < -0.39 is 0 Å². The van der Waals surface area contributed by atoms with Gasteiger partial charge in [-0.05, 0) is 25.3 Å². The van der Waals surface area contributed by atoms with E-state index in [1.165, 1.54) is 24.8 Å². The zero-order valence-electron chi connectivity index (χ0n) is 9.91. The molecule has 0 amide bonds. The Balaban J connectivity index is 1.78. The third kappa shape index (κ3) is 1.71. The number of hydrogen-bond acceptors (Lipinski definition) is 3. The molecule has 2 atom stereocenters. The predicted octanol–water partition coefficient (Wildman–Crippen LogP) is 2.41. The highest BCUT2D eigenvalue weighted by Crippen LogP contribution is 2.43. The maximum absolute atomic E-state index is 6.23. The number of allylic oxidation sites excluding steroid dienone is 1. The Hall–Kier alpha value is -0.380. The van der Waals surface area contributed by atoms with Crippen molar-refractivity contribution in [2.75, 3.05) is 13.2 Å². The average molecular weight is 224 g/mol. The second-order valence-corrected chi connectivity index (χ2v) is 5.04. The maximum Gasteiger partial charge on any atom is 0.169 e. The molecule has 0 unspecified atom stereocenters. The molecule has 3 rings (SSSR count). The van der Waals surface area contributed by atoms with Crippen LogP contribution in [0.5, 0.6) is 0 Å². The van der Waals surface area contributed by atoms with Crippen LogP contribution in [0, 0.1) is 0 Å². The van der Waals surface area contributed by atoms with Gasteiger partial charge in [0, 0.05) is 12.8 Å². The molecule has 0 aromatic rings. The quantitative estimate of drug-likeness (QED) is 0.591. The van der Waals surface area contributed by atoms with E-state index in [1.807, 2.05) is 0 Å². The van der Waals surface area contributed by atoms with Crippen molar-refractivity contribution in [3.05, 3.63) is 11.6 Å². The Morgan fingerprint density at radius 2 is 2.00 bits per heavy atom. The van der Waals surface area contributed by atoms with Gasteiger partial charge in [-0.2, -0.15) is 0 Å². The van der Waals surface area contributed by atoms with Gasteiger partial charge in [0.25, 0.3) is 0 Å².